The number of fused-ring (bicyclic) bond motifs is 2. The summed E-state index contributed by atoms with van der Waals surface area (Å²) in [7, 11) is 0. The van der Waals surface area contributed by atoms with Crippen molar-refractivity contribution in [2.45, 2.75) is 102 Å². The van der Waals surface area contributed by atoms with Crippen LogP contribution in [0.15, 0.2) is 48.9 Å². The second-order valence-corrected chi connectivity index (χ2v) is 15.4. The van der Waals surface area contributed by atoms with E-state index in [2.05, 4.69) is 31.8 Å². The maximum absolute atomic E-state index is 15.5. The minimum atomic E-state index is -1.40. The highest BCUT2D eigenvalue weighted by atomic mass is 19.1. The number of benzene rings is 1. The van der Waals surface area contributed by atoms with E-state index in [1.165, 1.54) is 12.4 Å². The molecule has 4 amide bonds. The topological polar surface area (TPSA) is 198 Å². The van der Waals surface area contributed by atoms with Gasteiger partial charge in [-0.3, -0.25) is 34.2 Å². The highest BCUT2D eigenvalue weighted by Gasteiger charge is 2.45. The number of rotatable bonds is 19. The van der Waals surface area contributed by atoms with Crippen LogP contribution < -0.4 is 10.6 Å². The largest absolute Gasteiger partial charge is 0.382 e. The van der Waals surface area contributed by atoms with Gasteiger partial charge in [-0.2, -0.15) is 15.0 Å². The van der Waals surface area contributed by atoms with Crippen LogP contribution in [0.2, 0.25) is 0 Å². The summed E-state index contributed by atoms with van der Waals surface area (Å²) < 4.78 is 28.7. The maximum Gasteiger partial charge on any atom is 0.262 e. The molecule has 58 heavy (non-hydrogen) atoms. The number of carbonyl (C=O) groups is 5. The van der Waals surface area contributed by atoms with E-state index in [1.54, 1.807) is 55.1 Å². The summed E-state index contributed by atoms with van der Waals surface area (Å²) in [6.45, 7) is 4.49. The zero-order chi connectivity index (χ0) is 41.0. The summed E-state index contributed by atoms with van der Waals surface area (Å²) in [6.07, 6.45) is 7.72. The number of carbonyl (C=O) groups excluding carboxylic acids is 5. The minimum Gasteiger partial charge on any atom is -0.382 e. The lowest BCUT2D eigenvalue weighted by Crippen LogP contribution is -2.54. The van der Waals surface area contributed by atoms with Gasteiger partial charge in [0.15, 0.2) is 17.2 Å². The van der Waals surface area contributed by atoms with Crippen LogP contribution in [0.3, 0.4) is 0 Å². The van der Waals surface area contributed by atoms with Crippen LogP contribution in [0.25, 0.3) is 16.9 Å². The Balaban J connectivity index is 0.825. The molecular formula is C42H45FN8O7. The summed E-state index contributed by atoms with van der Waals surface area (Å²) in [6, 6.07) is 9.87. The number of anilines is 1. The molecule has 2 unspecified atom stereocenters. The SMILES string of the molecule is CC(C)(OCCCOCCCCc1cccc2c1C(=O)N(C1CCC(=O)NC1=O)C2=O)C(F)CCC(=O)c1cnc(-n2ncc3cc(C#N)cnc32)cc1NC1CC1. The summed E-state index contributed by atoms with van der Waals surface area (Å²) >= 11 is 0. The van der Waals surface area contributed by atoms with Crippen LogP contribution in [0.1, 0.15) is 114 Å². The van der Waals surface area contributed by atoms with E-state index in [0.717, 1.165) is 23.3 Å². The number of nitrogens with zero attached hydrogens (tertiary/aromatic N) is 6. The third-order valence-electron chi connectivity index (χ3n) is 10.7. The number of alkyl halides is 1. The Morgan fingerprint density at radius 1 is 1.03 bits per heavy atom. The minimum absolute atomic E-state index is 0.0266. The molecule has 0 radical (unpaired) electrons. The van der Waals surface area contributed by atoms with E-state index in [9.17, 15) is 29.2 Å². The van der Waals surface area contributed by atoms with Crippen LogP contribution >= 0.6 is 0 Å². The van der Waals surface area contributed by atoms with Crippen molar-refractivity contribution in [2.75, 3.05) is 25.1 Å². The quantitative estimate of drug-likeness (QED) is 0.0717. The van der Waals surface area contributed by atoms with Crippen LogP contribution in [0, 0.1) is 11.3 Å². The molecule has 1 saturated carbocycles. The van der Waals surface area contributed by atoms with E-state index in [-0.39, 0.29) is 49.7 Å². The fourth-order valence-corrected chi connectivity index (χ4v) is 7.24. The molecule has 7 rings (SSSR count). The number of halogens is 1. The number of pyridine rings is 2. The molecule has 302 valence electrons. The Kier molecular flexibility index (Phi) is 12.0. The van der Waals surface area contributed by atoms with Gasteiger partial charge >= 0.3 is 0 Å². The van der Waals surface area contributed by atoms with Gasteiger partial charge in [0.2, 0.25) is 11.8 Å². The van der Waals surface area contributed by atoms with Crippen molar-refractivity contribution in [1.29, 1.82) is 5.26 Å². The number of ether oxygens (including phenoxy) is 2. The standard InChI is InChI=1S/C42H45FN8O7/c1-42(2,34(43)14-13-33(52)30-24-45-35(20-31(30)48-28-10-11-28)51-38-27(23-47-51)19-25(21-44)22-46-38)58-18-6-17-57-16-4-3-7-26-8-5-9-29-37(26)41(56)50(40(29)55)32-12-15-36(53)49-39(32)54/h5,8-9,19-20,22-24,28,32,34H,3-4,6-7,10-18H2,1-2H3,(H,45,48)(H,49,53,54). The van der Waals surface area contributed by atoms with Gasteiger partial charge in [-0.1, -0.05) is 12.1 Å². The molecule has 1 saturated heterocycles. The number of imide groups is 2. The molecule has 5 heterocycles. The van der Waals surface area contributed by atoms with E-state index >= 15 is 4.39 Å². The van der Waals surface area contributed by atoms with Gasteiger partial charge in [-0.15, -0.1) is 0 Å². The van der Waals surface area contributed by atoms with Crippen molar-refractivity contribution in [3.8, 4) is 11.9 Å². The number of aryl methyl sites for hydroxylation is 1. The second kappa shape index (κ2) is 17.3. The third-order valence-corrected chi connectivity index (χ3v) is 10.7. The Morgan fingerprint density at radius 2 is 1.84 bits per heavy atom. The molecule has 15 nitrogen and oxygen atoms in total. The highest BCUT2D eigenvalue weighted by Crippen LogP contribution is 2.32. The summed E-state index contributed by atoms with van der Waals surface area (Å²) in [4.78, 5) is 73.6. The van der Waals surface area contributed by atoms with E-state index in [0.29, 0.717) is 78.1 Å². The molecule has 3 aliphatic rings. The summed E-state index contributed by atoms with van der Waals surface area (Å²) in [5, 5.41) is 19.9. The molecule has 2 N–H and O–H groups in total. The van der Waals surface area contributed by atoms with Crippen LogP contribution in [0.4, 0.5) is 10.1 Å². The van der Waals surface area contributed by atoms with Crippen molar-refractivity contribution >= 4 is 46.1 Å². The van der Waals surface area contributed by atoms with Crippen molar-refractivity contribution < 1.29 is 37.8 Å². The molecular weight excluding hydrogens is 748 g/mol. The van der Waals surface area contributed by atoms with Gasteiger partial charge in [-0.05, 0) is 82.9 Å². The molecule has 0 spiro atoms. The predicted octanol–water partition coefficient (Wildman–Crippen LogP) is 5.19. The van der Waals surface area contributed by atoms with Gasteiger partial charge in [0.1, 0.15) is 18.3 Å². The smallest absolute Gasteiger partial charge is 0.262 e. The number of Topliss-reactive ketones (excluding diaryl/α,β-unsaturated/α-hetero) is 1. The lowest BCUT2D eigenvalue weighted by molar-refractivity contribution is -0.136. The van der Waals surface area contributed by atoms with Crippen LogP contribution in [-0.2, 0) is 25.5 Å². The van der Waals surface area contributed by atoms with Crippen molar-refractivity contribution in [3.05, 3.63) is 76.7 Å². The number of nitriles is 1. The lowest BCUT2D eigenvalue weighted by atomic mass is 9.96. The Bertz CT molecular complexity index is 2300. The molecule has 1 aromatic carbocycles. The monoisotopic (exact) mass is 792 g/mol. The molecule has 0 bridgehead atoms. The number of aromatic nitrogens is 4. The van der Waals surface area contributed by atoms with Gasteiger partial charge in [0.05, 0.1) is 39.7 Å². The Hall–Kier alpha value is -5.92. The average Bonchev–Trinajstić information content (AvgIpc) is 3.87. The predicted molar refractivity (Wildman–Crippen MR) is 208 cm³/mol. The molecule has 16 heteroatoms. The average molecular weight is 793 g/mol. The number of hydrogen-bond acceptors (Lipinski definition) is 12. The molecule has 2 fully saturated rings. The first-order valence-corrected chi connectivity index (χ1v) is 19.7. The zero-order valence-electron chi connectivity index (χ0n) is 32.5. The number of nitrogens with one attached hydrogen (secondary N) is 2. The molecule has 3 aromatic heterocycles. The van der Waals surface area contributed by atoms with E-state index in [1.807, 2.05) is 0 Å². The normalized spacial score (nSPS) is 17.3. The van der Waals surface area contributed by atoms with Crippen molar-refractivity contribution in [2.24, 2.45) is 0 Å². The van der Waals surface area contributed by atoms with Crippen LogP contribution in [0.5, 0.6) is 0 Å². The fourth-order valence-electron chi connectivity index (χ4n) is 7.24. The summed E-state index contributed by atoms with van der Waals surface area (Å²) in [5.41, 5.74) is 2.11. The first-order valence-electron chi connectivity index (χ1n) is 19.7. The first-order chi connectivity index (χ1) is 27.9. The lowest BCUT2D eigenvalue weighted by Gasteiger charge is -2.29. The van der Waals surface area contributed by atoms with Crippen molar-refractivity contribution in [3.63, 3.8) is 0 Å². The summed E-state index contributed by atoms with van der Waals surface area (Å²) in [5.74, 6) is -1.87. The maximum atomic E-state index is 15.5. The molecule has 4 aromatic rings. The Labute approximate surface area is 334 Å². The number of piperidine rings is 1. The van der Waals surface area contributed by atoms with Crippen LogP contribution in [-0.4, -0.2) is 97.7 Å². The van der Waals surface area contributed by atoms with Gasteiger partial charge in [-0.25, -0.2) is 14.4 Å². The van der Waals surface area contributed by atoms with E-state index < -0.39 is 41.4 Å². The number of unbranched alkanes of at least 4 members (excludes halogenated alkanes) is 1. The number of amides is 4. The number of hydrogen-bond donors (Lipinski definition) is 2. The van der Waals surface area contributed by atoms with Gasteiger partial charge in [0.25, 0.3) is 11.8 Å². The number of ketones is 1. The third kappa shape index (κ3) is 8.80. The molecule has 2 aliphatic heterocycles. The molecule has 2 atom stereocenters. The van der Waals surface area contributed by atoms with E-state index in [4.69, 9.17) is 9.47 Å². The molecule has 1 aliphatic carbocycles. The first kappa shape index (κ1) is 40.3. The van der Waals surface area contributed by atoms with Gasteiger partial charge in [0, 0.05) is 62.6 Å². The van der Waals surface area contributed by atoms with Crippen molar-refractivity contribution in [1.82, 2.24) is 30.0 Å². The highest BCUT2D eigenvalue weighted by molar-refractivity contribution is 6.24. The second-order valence-electron chi connectivity index (χ2n) is 15.4. The zero-order valence-corrected chi connectivity index (χ0v) is 32.5. The Morgan fingerprint density at radius 3 is 2.62 bits per heavy atom. The fraction of sp³-hybridized carbons (Fsp3) is 0.452. The van der Waals surface area contributed by atoms with Gasteiger partial charge < -0.3 is 14.8 Å².